The molecule has 0 aliphatic rings. The van der Waals surface area contributed by atoms with Crippen molar-refractivity contribution in [3.8, 4) is 0 Å². The highest BCUT2D eigenvalue weighted by Gasteiger charge is 2.33. The van der Waals surface area contributed by atoms with Crippen LogP contribution in [-0.2, 0) is 14.8 Å². The predicted molar refractivity (Wildman–Crippen MR) is 73.9 cm³/mol. The highest BCUT2D eigenvalue weighted by atomic mass is 32.2. The van der Waals surface area contributed by atoms with Crippen LogP contribution >= 0.6 is 0 Å². The van der Waals surface area contributed by atoms with Crippen LogP contribution in [0.3, 0.4) is 0 Å². The Bertz CT molecular complexity index is 577. The van der Waals surface area contributed by atoms with Crippen molar-refractivity contribution in [3.05, 3.63) is 29.8 Å². The van der Waals surface area contributed by atoms with Crippen LogP contribution in [0.5, 0.6) is 0 Å². The lowest BCUT2D eigenvalue weighted by atomic mass is 10.1. The first-order chi connectivity index (χ1) is 9.16. The molecule has 6 nitrogen and oxygen atoms in total. The Balaban J connectivity index is 3.14. The van der Waals surface area contributed by atoms with Crippen LogP contribution in [0.15, 0.2) is 29.2 Å². The zero-order valence-corrected chi connectivity index (χ0v) is 12.8. The van der Waals surface area contributed by atoms with Crippen molar-refractivity contribution in [2.45, 2.75) is 24.3 Å². The van der Waals surface area contributed by atoms with E-state index in [0.29, 0.717) is 0 Å². The zero-order valence-electron chi connectivity index (χ0n) is 12.0. The standard InChI is InChI=1S/C13H19NO5S/c1-13(2,9-15)14(3)20(17,18)11-7-5-10(6-8-11)12(16)19-4/h5-8,15H,9H2,1-4H3. The summed E-state index contributed by atoms with van der Waals surface area (Å²) in [6, 6.07) is 5.45. The summed E-state index contributed by atoms with van der Waals surface area (Å²) in [6.45, 7) is 2.93. The van der Waals surface area contributed by atoms with Crippen LogP contribution in [0.4, 0.5) is 0 Å². The molecule has 0 atom stereocenters. The van der Waals surface area contributed by atoms with Crippen molar-refractivity contribution >= 4 is 16.0 Å². The minimum atomic E-state index is -3.74. The number of rotatable bonds is 5. The summed E-state index contributed by atoms with van der Waals surface area (Å²) in [5, 5.41) is 9.26. The van der Waals surface area contributed by atoms with Gasteiger partial charge in [-0.05, 0) is 38.1 Å². The largest absolute Gasteiger partial charge is 0.465 e. The third-order valence-corrected chi connectivity index (χ3v) is 5.26. The van der Waals surface area contributed by atoms with Gasteiger partial charge in [0, 0.05) is 7.05 Å². The van der Waals surface area contributed by atoms with Gasteiger partial charge in [-0.15, -0.1) is 0 Å². The van der Waals surface area contributed by atoms with Gasteiger partial charge in [0.25, 0.3) is 0 Å². The van der Waals surface area contributed by atoms with Gasteiger partial charge in [0.2, 0.25) is 10.0 Å². The van der Waals surface area contributed by atoms with Gasteiger partial charge in [0.1, 0.15) is 0 Å². The summed E-state index contributed by atoms with van der Waals surface area (Å²) in [5.74, 6) is -0.530. The minimum absolute atomic E-state index is 0.0502. The Kier molecular flexibility index (Phi) is 4.90. The molecule has 0 heterocycles. The second kappa shape index (κ2) is 5.90. The molecule has 7 heteroatoms. The van der Waals surface area contributed by atoms with E-state index in [1.807, 2.05) is 0 Å². The Morgan fingerprint density at radius 3 is 2.20 bits per heavy atom. The van der Waals surface area contributed by atoms with E-state index in [-0.39, 0.29) is 17.1 Å². The van der Waals surface area contributed by atoms with Gasteiger partial charge in [0.05, 0.1) is 29.7 Å². The number of likely N-dealkylation sites (N-methyl/N-ethyl adjacent to an activating group) is 1. The molecular formula is C13H19NO5S. The van der Waals surface area contributed by atoms with Crippen molar-refractivity contribution in [1.82, 2.24) is 4.31 Å². The van der Waals surface area contributed by atoms with Gasteiger partial charge >= 0.3 is 5.97 Å². The number of benzene rings is 1. The lowest BCUT2D eigenvalue weighted by Crippen LogP contribution is -2.47. The third-order valence-electron chi connectivity index (χ3n) is 3.17. The molecule has 1 N–H and O–H groups in total. The first kappa shape index (κ1) is 16.6. The fraction of sp³-hybridized carbons (Fsp3) is 0.462. The molecule has 0 radical (unpaired) electrons. The van der Waals surface area contributed by atoms with Crippen molar-refractivity contribution < 1.29 is 23.1 Å². The van der Waals surface area contributed by atoms with Gasteiger partial charge in [-0.2, -0.15) is 4.31 Å². The molecule has 20 heavy (non-hydrogen) atoms. The van der Waals surface area contributed by atoms with Gasteiger partial charge in [0.15, 0.2) is 0 Å². The molecule has 0 saturated carbocycles. The van der Waals surface area contributed by atoms with Crippen LogP contribution in [0.2, 0.25) is 0 Å². The van der Waals surface area contributed by atoms with Gasteiger partial charge < -0.3 is 9.84 Å². The summed E-state index contributed by atoms with van der Waals surface area (Å²) in [4.78, 5) is 11.3. The topological polar surface area (TPSA) is 83.9 Å². The molecule has 1 aromatic rings. The van der Waals surface area contributed by atoms with Gasteiger partial charge in [-0.25, -0.2) is 13.2 Å². The lowest BCUT2D eigenvalue weighted by molar-refractivity contribution is 0.0600. The number of aliphatic hydroxyl groups is 1. The number of methoxy groups -OCH3 is 1. The number of aliphatic hydroxyl groups excluding tert-OH is 1. The van der Waals surface area contributed by atoms with E-state index in [0.717, 1.165) is 4.31 Å². The number of carbonyl (C=O) groups excluding carboxylic acids is 1. The van der Waals surface area contributed by atoms with E-state index in [1.54, 1.807) is 13.8 Å². The second-order valence-electron chi connectivity index (χ2n) is 4.96. The molecule has 1 rings (SSSR count). The summed E-state index contributed by atoms with van der Waals surface area (Å²) < 4.78 is 30.4. The van der Waals surface area contributed by atoms with Crippen molar-refractivity contribution in [3.63, 3.8) is 0 Å². The monoisotopic (exact) mass is 301 g/mol. The van der Waals surface area contributed by atoms with Crippen molar-refractivity contribution in [2.75, 3.05) is 20.8 Å². The number of nitrogens with zero attached hydrogens (tertiary/aromatic N) is 1. The average molecular weight is 301 g/mol. The lowest BCUT2D eigenvalue weighted by Gasteiger charge is -2.32. The molecule has 0 unspecified atom stereocenters. The van der Waals surface area contributed by atoms with Crippen LogP contribution < -0.4 is 0 Å². The predicted octanol–water partition coefficient (Wildman–Crippen LogP) is 0.865. The second-order valence-corrected chi connectivity index (χ2v) is 6.93. The highest BCUT2D eigenvalue weighted by Crippen LogP contribution is 2.22. The van der Waals surface area contributed by atoms with Crippen LogP contribution in [-0.4, -0.2) is 50.1 Å². The number of carbonyl (C=O) groups is 1. The van der Waals surface area contributed by atoms with E-state index in [1.165, 1.54) is 38.4 Å². The first-order valence-electron chi connectivity index (χ1n) is 5.95. The quantitative estimate of drug-likeness (QED) is 0.816. The molecule has 0 saturated heterocycles. The third kappa shape index (κ3) is 3.17. The van der Waals surface area contributed by atoms with Crippen molar-refractivity contribution in [2.24, 2.45) is 0 Å². The normalized spacial score (nSPS) is 12.5. The number of hydrogen-bond donors (Lipinski definition) is 1. The maximum atomic E-state index is 12.4. The van der Waals surface area contributed by atoms with Gasteiger partial charge in [-0.1, -0.05) is 0 Å². The fourth-order valence-corrected chi connectivity index (χ4v) is 2.97. The van der Waals surface area contributed by atoms with E-state index < -0.39 is 21.5 Å². The van der Waals surface area contributed by atoms with E-state index >= 15 is 0 Å². The summed E-state index contributed by atoms with van der Waals surface area (Å²) in [7, 11) is -1.08. The maximum Gasteiger partial charge on any atom is 0.337 e. The molecule has 0 fully saturated rings. The number of sulfonamides is 1. The Hall–Kier alpha value is -1.44. The van der Waals surface area contributed by atoms with Crippen LogP contribution in [0.1, 0.15) is 24.2 Å². The molecule has 0 aliphatic heterocycles. The molecule has 0 bridgehead atoms. The molecule has 112 valence electrons. The zero-order chi connectivity index (χ0) is 15.6. The van der Waals surface area contributed by atoms with E-state index in [4.69, 9.17) is 0 Å². The van der Waals surface area contributed by atoms with Gasteiger partial charge in [-0.3, -0.25) is 0 Å². The SMILES string of the molecule is COC(=O)c1ccc(S(=O)(=O)N(C)C(C)(C)CO)cc1. The number of esters is 1. The maximum absolute atomic E-state index is 12.4. The fourth-order valence-electron chi connectivity index (χ4n) is 1.46. The van der Waals surface area contributed by atoms with Crippen LogP contribution in [0, 0.1) is 0 Å². The average Bonchev–Trinajstić information content (AvgIpc) is 2.45. The van der Waals surface area contributed by atoms with Crippen molar-refractivity contribution in [1.29, 1.82) is 0 Å². The number of ether oxygens (including phenoxy) is 1. The molecule has 0 amide bonds. The molecule has 1 aromatic carbocycles. The van der Waals surface area contributed by atoms with E-state index in [9.17, 15) is 18.3 Å². The summed E-state index contributed by atoms with van der Waals surface area (Å²) in [6.07, 6.45) is 0. The minimum Gasteiger partial charge on any atom is -0.465 e. The number of hydrogen-bond acceptors (Lipinski definition) is 5. The highest BCUT2D eigenvalue weighted by molar-refractivity contribution is 7.89. The molecule has 0 aliphatic carbocycles. The van der Waals surface area contributed by atoms with E-state index in [2.05, 4.69) is 4.74 Å². The molecule has 0 aromatic heterocycles. The first-order valence-corrected chi connectivity index (χ1v) is 7.39. The Labute approximate surface area is 119 Å². The van der Waals surface area contributed by atoms with Crippen LogP contribution in [0.25, 0.3) is 0 Å². The molecular weight excluding hydrogens is 282 g/mol. The summed E-state index contributed by atoms with van der Waals surface area (Å²) in [5.41, 5.74) is -0.643. The Morgan fingerprint density at radius 1 is 1.30 bits per heavy atom. The smallest absolute Gasteiger partial charge is 0.337 e. The molecule has 0 spiro atoms. The summed E-state index contributed by atoms with van der Waals surface area (Å²) >= 11 is 0. The Morgan fingerprint density at radius 2 is 1.80 bits per heavy atom.